The van der Waals surface area contributed by atoms with Crippen molar-refractivity contribution in [1.82, 2.24) is 9.97 Å². The minimum Gasteiger partial charge on any atom is -0.474 e. The van der Waals surface area contributed by atoms with E-state index in [1.165, 1.54) is 12.8 Å². The molecule has 1 saturated carbocycles. The SMILES string of the molecule is Cc1nc(N)c(C)c(OC2CCCC(C)C2)n1. The van der Waals surface area contributed by atoms with E-state index in [4.69, 9.17) is 10.5 Å². The molecule has 0 amide bonds. The van der Waals surface area contributed by atoms with Crippen molar-refractivity contribution in [3.05, 3.63) is 11.4 Å². The summed E-state index contributed by atoms with van der Waals surface area (Å²) in [5.74, 6) is 2.60. The minimum atomic E-state index is 0.283. The first kappa shape index (κ1) is 12.1. The summed E-state index contributed by atoms with van der Waals surface area (Å²) in [6.45, 7) is 6.03. The van der Waals surface area contributed by atoms with E-state index in [9.17, 15) is 0 Å². The highest BCUT2D eigenvalue weighted by Gasteiger charge is 2.21. The molecule has 1 aromatic heterocycles. The van der Waals surface area contributed by atoms with Crippen molar-refractivity contribution in [3.63, 3.8) is 0 Å². The standard InChI is InChI=1S/C13H21N3O/c1-8-5-4-6-11(7-8)17-13-9(2)12(14)15-10(3)16-13/h8,11H,4-7H2,1-3H3,(H2,14,15,16). The van der Waals surface area contributed by atoms with Crippen LogP contribution in [0.25, 0.3) is 0 Å². The van der Waals surface area contributed by atoms with E-state index in [1.807, 2.05) is 13.8 Å². The molecule has 1 heterocycles. The topological polar surface area (TPSA) is 61.0 Å². The Balaban J connectivity index is 2.12. The Morgan fingerprint density at radius 3 is 2.71 bits per heavy atom. The van der Waals surface area contributed by atoms with E-state index in [0.717, 1.165) is 24.3 Å². The molecule has 0 saturated heterocycles. The number of aromatic nitrogens is 2. The van der Waals surface area contributed by atoms with Gasteiger partial charge in [0.05, 0.1) is 5.56 Å². The van der Waals surface area contributed by atoms with Gasteiger partial charge in [-0.05, 0) is 39.0 Å². The molecule has 1 fully saturated rings. The van der Waals surface area contributed by atoms with E-state index in [1.54, 1.807) is 0 Å². The molecule has 17 heavy (non-hydrogen) atoms. The van der Waals surface area contributed by atoms with Crippen LogP contribution in [0.4, 0.5) is 5.82 Å². The van der Waals surface area contributed by atoms with Gasteiger partial charge in [0, 0.05) is 0 Å². The van der Waals surface area contributed by atoms with Gasteiger partial charge in [0.1, 0.15) is 17.7 Å². The lowest BCUT2D eigenvalue weighted by molar-refractivity contribution is 0.123. The molecule has 1 aliphatic rings. The Kier molecular flexibility index (Phi) is 3.50. The van der Waals surface area contributed by atoms with Gasteiger partial charge in [0.15, 0.2) is 0 Å². The Labute approximate surface area is 103 Å². The van der Waals surface area contributed by atoms with Crippen molar-refractivity contribution in [2.24, 2.45) is 5.92 Å². The number of ether oxygens (including phenoxy) is 1. The van der Waals surface area contributed by atoms with Gasteiger partial charge in [-0.3, -0.25) is 0 Å². The van der Waals surface area contributed by atoms with E-state index in [0.29, 0.717) is 17.5 Å². The fourth-order valence-electron chi connectivity index (χ4n) is 2.38. The summed E-state index contributed by atoms with van der Waals surface area (Å²) in [4.78, 5) is 8.47. The summed E-state index contributed by atoms with van der Waals surface area (Å²) in [6.07, 6.45) is 5.06. The normalized spacial score (nSPS) is 24.6. The predicted octanol–water partition coefficient (Wildman–Crippen LogP) is 2.63. The molecule has 94 valence electrons. The van der Waals surface area contributed by atoms with Crippen LogP contribution in [0.3, 0.4) is 0 Å². The number of anilines is 1. The van der Waals surface area contributed by atoms with Crippen molar-refractivity contribution in [2.75, 3.05) is 5.73 Å². The Bertz CT molecular complexity index is 406. The first-order chi connectivity index (χ1) is 8.06. The molecule has 2 unspecified atom stereocenters. The highest BCUT2D eigenvalue weighted by atomic mass is 16.5. The van der Waals surface area contributed by atoms with Gasteiger partial charge in [0.2, 0.25) is 5.88 Å². The third-order valence-electron chi connectivity index (χ3n) is 3.42. The summed E-state index contributed by atoms with van der Waals surface area (Å²) in [7, 11) is 0. The van der Waals surface area contributed by atoms with E-state index >= 15 is 0 Å². The van der Waals surface area contributed by atoms with Crippen LogP contribution in [-0.2, 0) is 0 Å². The number of nitrogens with zero attached hydrogens (tertiary/aromatic N) is 2. The van der Waals surface area contributed by atoms with Crippen LogP contribution in [0.5, 0.6) is 5.88 Å². The highest BCUT2D eigenvalue weighted by molar-refractivity contribution is 5.44. The lowest BCUT2D eigenvalue weighted by atomic mass is 9.89. The maximum Gasteiger partial charge on any atom is 0.222 e. The molecule has 1 aromatic rings. The number of hydrogen-bond acceptors (Lipinski definition) is 4. The third kappa shape index (κ3) is 2.87. The first-order valence-electron chi connectivity index (χ1n) is 6.33. The van der Waals surface area contributed by atoms with E-state index in [-0.39, 0.29) is 6.10 Å². The molecule has 0 spiro atoms. The number of rotatable bonds is 2. The van der Waals surface area contributed by atoms with Crippen LogP contribution >= 0.6 is 0 Å². The predicted molar refractivity (Wildman–Crippen MR) is 68.0 cm³/mol. The lowest BCUT2D eigenvalue weighted by Crippen LogP contribution is -2.25. The van der Waals surface area contributed by atoms with Gasteiger partial charge in [-0.15, -0.1) is 0 Å². The second-order valence-electron chi connectivity index (χ2n) is 5.10. The summed E-state index contributed by atoms with van der Waals surface area (Å²) in [5.41, 5.74) is 6.68. The van der Waals surface area contributed by atoms with Gasteiger partial charge >= 0.3 is 0 Å². The maximum atomic E-state index is 5.99. The second-order valence-corrected chi connectivity index (χ2v) is 5.10. The van der Waals surface area contributed by atoms with Crippen molar-refractivity contribution >= 4 is 5.82 Å². The van der Waals surface area contributed by atoms with Gasteiger partial charge in [-0.25, -0.2) is 4.98 Å². The average molecular weight is 235 g/mol. The zero-order valence-corrected chi connectivity index (χ0v) is 10.9. The van der Waals surface area contributed by atoms with Crippen LogP contribution in [-0.4, -0.2) is 16.1 Å². The molecule has 0 aromatic carbocycles. The van der Waals surface area contributed by atoms with Crippen LogP contribution in [0.1, 0.15) is 44.0 Å². The van der Waals surface area contributed by atoms with Crippen molar-refractivity contribution in [1.29, 1.82) is 0 Å². The Morgan fingerprint density at radius 1 is 1.24 bits per heavy atom. The number of nitrogens with two attached hydrogens (primary N) is 1. The van der Waals surface area contributed by atoms with Gasteiger partial charge in [0.25, 0.3) is 0 Å². The monoisotopic (exact) mass is 235 g/mol. The fourth-order valence-corrected chi connectivity index (χ4v) is 2.38. The molecule has 2 N–H and O–H groups in total. The molecule has 0 radical (unpaired) electrons. The molecule has 2 rings (SSSR count). The first-order valence-corrected chi connectivity index (χ1v) is 6.33. The molecule has 0 aliphatic heterocycles. The largest absolute Gasteiger partial charge is 0.474 e. The maximum absolute atomic E-state index is 5.99. The van der Waals surface area contributed by atoms with E-state index in [2.05, 4.69) is 16.9 Å². The zero-order chi connectivity index (χ0) is 12.4. The van der Waals surface area contributed by atoms with Gasteiger partial charge in [-0.2, -0.15) is 4.98 Å². The van der Waals surface area contributed by atoms with Crippen LogP contribution < -0.4 is 10.5 Å². The highest BCUT2D eigenvalue weighted by Crippen LogP contribution is 2.28. The lowest BCUT2D eigenvalue weighted by Gasteiger charge is -2.27. The number of nitrogen functional groups attached to an aromatic ring is 1. The van der Waals surface area contributed by atoms with Crippen molar-refractivity contribution in [2.45, 2.75) is 52.6 Å². The van der Waals surface area contributed by atoms with Crippen molar-refractivity contribution in [3.8, 4) is 5.88 Å². The van der Waals surface area contributed by atoms with Crippen molar-refractivity contribution < 1.29 is 4.74 Å². The molecular formula is C13H21N3O. The average Bonchev–Trinajstić information content (AvgIpc) is 2.25. The molecular weight excluding hydrogens is 214 g/mol. The van der Waals surface area contributed by atoms with Crippen LogP contribution in [0.15, 0.2) is 0 Å². The summed E-state index contributed by atoms with van der Waals surface area (Å²) < 4.78 is 5.99. The summed E-state index contributed by atoms with van der Waals surface area (Å²) in [6, 6.07) is 0. The molecule has 1 aliphatic carbocycles. The minimum absolute atomic E-state index is 0.283. The fraction of sp³-hybridized carbons (Fsp3) is 0.692. The molecule has 4 heteroatoms. The quantitative estimate of drug-likeness (QED) is 0.856. The van der Waals surface area contributed by atoms with Gasteiger partial charge < -0.3 is 10.5 Å². The zero-order valence-electron chi connectivity index (χ0n) is 10.9. The van der Waals surface area contributed by atoms with Crippen LogP contribution in [0.2, 0.25) is 0 Å². The number of aryl methyl sites for hydroxylation is 1. The van der Waals surface area contributed by atoms with E-state index < -0.39 is 0 Å². The third-order valence-corrected chi connectivity index (χ3v) is 3.42. The summed E-state index contributed by atoms with van der Waals surface area (Å²) in [5, 5.41) is 0. The second kappa shape index (κ2) is 4.90. The van der Waals surface area contributed by atoms with Gasteiger partial charge in [-0.1, -0.05) is 13.3 Å². The Hall–Kier alpha value is -1.32. The molecule has 0 bridgehead atoms. The number of hydrogen-bond donors (Lipinski definition) is 1. The Morgan fingerprint density at radius 2 is 2.00 bits per heavy atom. The smallest absolute Gasteiger partial charge is 0.222 e. The molecule has 2 atom stereocenters. The molecule has 4 nitrogen and oxygen atoms in total. The van der Waals surface area contributed by atoms with Crippen LogP contribution in [0, 0.1) is 19.8 Å². The summed E-state index contributed by atoms with van der Waals surface area (Å²) >= 11 is 0.